The van der Waals surface area contributed by atoms with E-state index < -0.39 is 20.0 Å². The van der Waals surface area contributed by atoms with Crippen LogP contribution in [-0.4, -0.2) is 74.3 Å². The summed E-state index contributed by atoms with van der Waals surface area (Å²) < 4.78 is 30.6. The Morgan fingerprint density at radius 3 is 1.45 bits per heavy atom. The summed E-state index contributed by atoms with van der Waals surface area (Å²) in [5, 5.41) is 3.04. The van der Waals surface area contributed by atoms with Crippen LogP contribution in [0.1, 0.15) is 233 Å². The number of likely N-dealkylation sites (N-methyl/N-ethyl adjacent to an activating group) is 1. The van der Waals surface area contributed by atoms with Crippen molar-refractivity contribution in [1.29, 1.82) is 0 Å². The van der Waals surface area contributed by atoms with Crippen LogP contribution in [0, 0.1) is 0 Å². The summed E-state index contributed by atoms with van der Waals surface area (Å²) in [6.07, 6.45) is 72.2. The molecule has 0 aliphatic heterocycles. The topological polar surface area (TPSA) is 111 Å². The van der Waals surface area contributed by atoms with E-state index in [1.807, 2.05) is 94.1 Å². The Labute approximate surface area is 455 Å². The second kappa shape index (κ2) is 53.1. The van der Waals surface area contributed by atoms with Gasteiger partial charge in [-0.05, 0) is 83.1 Å². The van der Waals surface area contributed by atoms with Gasteiger partial charge in [-0.1, -0.05) is 246 Å². The highest BCUT2D eigenvalue weighted by molar-refractivity contribution is 7.47. The normalized spacial score (nSPS) is 14.5. The SMILES string of the molecule is CC\C=C/C=C/C=C/C=C\C=C\C=C\CCCCCC(=O)OC(/C=C/CCCCCCCCCCCC)C(COP(=O)(O)OCC[N+](C)(C)C)NC(=O)CCCCCCCCCCC/C=C\C/C=C\CCCCC. The minimum atomic E-state index is -4.46. The van der Waals surface area contributed by atoms with Crippen LogP contribution in [0.3, 0.4) is 0 Å². The predicted octanol–water partition coefficient (Wildman–Crippen LogP) is 18.2. The molecule has 0 radical (unpaired) electrons. The van der Waals surface area contributed by atoms with Crippen molar-refractivity contribution in [1.82, 2.24) is 5.32 Å². The summed E-state index contributed by atoms with van der Waals surface area (Å²) in [5.74, 6) is -0.567. The van der Waals surface area contributed by atoms with Crippen LogP contribution in [0.2, 0.25) is 0 Å². The van der Waals surface area contributed by atoms with Crippen LogP contribution in [-0.2, 0) is 27.9 Å². The average molecular weight is 1050 g/mol. The monoisotopic (exact) mass is 1050 g/mol. The fourth-order valence-electron chi connectivity index (χ4n) is 8.00. The number of rotatable bonds is 52. The molecular formula is C64H112N2O7P+. The lowest BCUT2D eigenvalue weighted by Gasteiger charge is -2.27. The van der Waals surface area contributed by atoms with E-state index in [-0.39, 0.29) is 31.5 Å². The number of hydrogen-bond donors (Lipinski definition) is 2. The molecule has 10 heteroatoms. The quantitative estimate of drug-likeness (QED) is 0.0156. The molecule has 0 aromatic heterocycles. The number of carbonyl (C=O) groups is 2. The van der Waals surface area contributed by atoms with Gasteiger partial charge in [0.1, 0.15) is 19.3 Å². The fraction of sp³-hybridized carbons (Fsp3) is 0.688. The van der Waals surface area contributed by atoms with Crippen LogP contribution >= 0.6 is 7.82 Å². The first-order chi connectivity index (χ1) is 35.9. The van der Waals surface area contributed by atoms with Gasteiger partial charge < -0.3 is 19.4 Å². The maximum Gasteiger partial charge on any atom is 0.472 e. The van der Waals surface area contributed by atoms with E-state index in [1.54, 1.807) is 0 Å². The highest BCUT2D eigenvalue weighted by Crippen LogP contribution is 2.43. The number of quaternary nitrogens is 1. The van der Waals surface area contributed by atoms with Gasteiger partial charge in [0.2, 0.25) is 5.91 Å². The molecule has 0 saturated heterocycles. The molecule has 3 atom stereocenters. The van der Waals surface area contributed by atoms with Crippen molar-refractivity contribution in [2.45, 2.75) is 245 Å². The fourth-order valence-corrected chi connectivity index (χ4v) is 8.74. The van der Waals surface area contributed by atoms with Crippen molar-refractivity contribution in [3.8, 4) is 0 Å². The molecule has 0 fully saturated rings. The zero-order valence-corrected chi connectivity index (χ0v) is 49.2. The van der Waals surface area contributed by atoms with Crippen molar-refractivity contribution in [3.05, 3.63) is 109 Å². The molecule has 1 amide bonds. The van der Waals surface area contributed by atoms with Crippen molar-refractivity contribution in [2.24, 2.45) is 0 Å². The highest BCUT2D eigenvalue weighted by atomic mass is 31.2. The first-order valence-corrected chi connectivity index (χ1v) is 31.3. The molecule has 0 saturated carbocycles. The number of phosphoric ester groups is 1. The van der Waals surface area contributed by atoms with E-state index in [1.165, 1.54) is 109 Å². The third-order valence-electron chi connectivity index (χ3n) is 12.6. The number of esters is 1. The molecule has 0 aliphatic rings. The van der Waals surface area contributed by atoms with Gasteiger partial charge in [0, 0.05) is 12.8 Å². The zero-order chi connectivity index (χ0) is 54.3. The van der Waals surface area contributed by atoms with Gasteiger partial charge in [-0.3, -0.25) is 18.6 Å². The molecule has 0 heterocycles. The van der Waals surface area contributed by atoms with E-state index in [2.05, 4.69) is 62.5 Å². The van der Waals surface area contributed by atoms with E-state index in [9.17, 15) is 19.0 Å². The zero-order valence-electron chi connectivity index (χ0n) is 48.3. The summed E-state index contributed by atoms with van der Waals surface area (Å²) in [5.41, 5.74) is 0. The van der Waals surface area contributed by atoms with E-state index in [4.69, 9.17) is 13.8 Å². The summed E-state index contributed by atoms with van der Waals surface area (Å²) in [6.45, 7) is 6.79. The molecule has 0 aromatic carbocycles. The molecule has 0 aliphatic carbocycles. The molecule has 0 aromatic rings. The number of nitrogens with one attached hydrogen (secondary N) is 1. The third-order valence-corrected chi connectivity index (χ3v) is 13.6. The Hall–Kier alpha value is -3.33. The maximum absolute atomic E-state index is 13.5. The van der Waals surface area contributed by atoms with Gasteiger partial charge in [-0.25, -0.2) is 4.57 Å². The number of phosphoric acid groups is 1. The second-order valence-corrected chi connectivity index (χ2v) is 22.4. The summed E-state index contributed by atoms with van der Waals surface area (Å²) in [6, 6.07) is -0.876. The summed E-state index contributed by atoms with van der Waals surface area (Å²) in [4.78, 5) is 37.6. The lowest BCUT2D eigenvalue weighted by atomic mass is 10.0. The van der Waals surface area contributed by atoms with Crippen LogP contribution < -0.4 is 5.32 Å². The molecule has 74 heavy (non-hydrogen) atoms. The van der Waals surface area contributed by atoms with Crippen LogP contribution in [0.15, 0.2) is 109 Å². The molecule has 424 valence electrons. The van der Waals surface area contributed by atoms with Gasteiger partial charge in [0.05, 0.1) is 33.8 Å². The molecule has 0 bridgehead atoms. The van der Waals surface area contributed by atoms with Gasteiger partial charge in [0.25, 0.3) is 0 Å². The summed E-state index contributed by atoms with van der Waals surface area (Å²) >= 11 is 0. The first kappa shape index (κ1) is 70.7. The smallest absolute Gasteiger partial charge is 0.456 e. The number of hydrogen-bond acceptors (Lipinski definition) is 6. The Morgan fingerprint density at radius 1 is 0.500 bits per heavy atom. The lowest BCUT2D eigenvalue weighted by Crippen LogP contribution is -2.47. The Bertz CT molecular complexity index is 1640. The van der Waals surface area contributed by atoms with Crippen molar-refractivity contribution < 1.29 is 37.3 Å². The molecule has 0 spiro atoms. The second-order valence-electron chi connectivity index (χ2n) is 20.9. The molecule has 2 N–H and O–H groups in total. The average Bonchev–Trinajstić information content (AvgIpc) is 3.36. The third kappa shape index (κ3) is 53.5. The molecule has 9 nitrogen and oxygen atoms in total. The van der Waals surface area contributed by atoms with Crippen LogP contribution in [0.4, 0.5) is 0 Å². The Morgan fingerprint density at radius 2 is 0.919 bits per heavy atom. The number of ether oxygens (including phenoxy) is 1. The number of allylic oxidation sites excluding steroid dienone is 17. The predicted molar refractivity (Wildman–Crippen MR) is 318 cm³/mol. The van der Waals surface area contributed by atoms with E-state index >= 15 is 0 Å². The van der Waals surface area contributed by atoms with Gasteiger partial charge >= 0.3 is 13.8 Å². The van der Waals surface area contributed by atoms with E-state index in [0.29, 0.717) is 23.9 Å². The van der Waals surface area contributed by atoms with Crippen LogP contribution in [0.5, 0.6) is 0 Å². The van der Waals surface area contributed by atoms with Crippen molar-refractivity contribution >= 4 is 19.7 Å². The molecule has 3 unspecified atom stereocenters. The van der Waals surface area contributed by atoms with Crippen LogP contribution in [0.25, 0.3) is 0 Å². The van der Waals surface area contributed by atoms with Gasteiger partial charge in [0.15, 0.2) is 0 Å². The van der Waals surface area contributed by atoms with Crippen molar-refractivity contribution in [2.75, 3.05) is 40.9 Å². The molecule has 0 rings (SSSR count). The maximum atomic E-state index is 13.5. The van der Waals surface area contributed by atoms with Crippen molar-refractivity contribution in [3.63, 3.8) is 0 Å². The number of carbonyl (C=O) groups excluding carboxylic acids is 2. The lowest BCUT2D eigenvalue weighted by molar-refractivity contribution is -0.870. The largest absolute Gasteiger partial charge is 0.472 e. The molecular weight excluding hydrogens is 940 g/mol. The number of unbranched alkanes of at least 4 members (excludes halogenated alkanes) is 25. The standard InChI is InChI=1S/C64H111N2O7P/c1-7-10-13-16-19-22-25-28-30-32-33-35-36-38-41-44-47-50-53-56-63(67)65-61(60-72-74(69,70)71-59-58-66(4,5)6)62(55-52-49-46-43-40-27-24-21-18-15-12-9-3)73-64(68)57-54-51-48-45-42-39-37-34-31-29-26-23-20-17-14-11-8-2/h11,14,17,19-20,22-23,26,28-31,34,37,39,42,52,55,61-62H,7-10,12-13,15-16,18,21,24-25,27,32-33,35-36,38,40-41,43-51,53-54,56-60H2,1-6H3,(H-,65,67,69,70)/p+1/b14-11-,20-17+,22-19-,26-23+,30-28-,31-29-,37-34+,42-39+,55-52+. The number of amides is 1. The first-order valence-electron chi connectivity index (χ1n) is 29.8. The summed E-state index contributed by atoms with van der Waals surface area (Å²) in [7, 11) is 1.45. The van der Waals surface area contributed by atoms with Gasteiger partial charge in [-0.2, -0.15) is 0 Å². The minimum Gasteiger partial charge on any atom is -0.456 e. The number of nitrogens with zero attached hydrogens (tertiary/aromatic N) is 1. The highest BCUT2D eigenvalue weighted by Gasteiger charge is 2.30. The Balaban J connectivity index is 5.40. The van der Waals surface area contributed by atoms with E-state index in [0.717, 1.165) is 83.5 Å². The minimum absolute atomic E-state index is 0.0261. The van der Waals surface area contributed by atoms with Gasteiger partial charge in [-0.15, -0.1) is 0 Å². The Kier molecular flexibility index (Phi) is 50.7.